The molecule has 25 heavy (non-hydrogen) atoms. The first-order chi connectivity index (χ1) is 11.8. The number of benzene rings is 1. The second-order valence-electron chi connectivity index (χ2n) is 5.81. The fraction of sp³-hybridized carbons (Fsp3) is 0.312. The molecule has 0 aliphatic heterocycles. The topological polar surface area (TPSA) is 55.6 Å². The Bertz CT molecular complexity index is 904. The van der Waals surface area contributed by atoms with Crippen LogP contribution in [0.3, 0.4) is 0 Å². The zero-order valence-corrected chi connectivity index (χ0v) is 14.2. The molecular weight excluding hydrogens is 355 g/mol. The van der Waals surface area contributed by atoms with Crippen molar-refractivity contribution in [2.24, 2.45) is 0 Å². The number of anilines is 1. The zero-order valence-electron chi connectivity index (χ0n) is 13.5. The van der Waals surface area contributed by atoms with E-state index in [2.05, 4.69) is 20.3 Å². The number of hydrogen-bond donors (Lipinski definition) is 1. The van der Waals surface area contributed by atoms with Gasteiger partial charge in [0.15, 0.2) is 17.0 Å². The van der Waals surface area contributed by atoms with Gasteiger partial charge in [0.2, 0.25) is 5.28 Å². The summed E-state index contributed by atoms with van der Waals surface area (Å²) in [4.78, 5) is 12.6. The summed E-state index contributed by atoms with van der Waals surface area (Å²) in [5.41, 5.74) is 0.870. The number of imidazole rings is 1. The molecule has 5 nitrogen and oxygen atoms in total. The third kappa shape index (κ3) is 3.68. The van der Waals surface area contributed by atoms with Gasteiger partial charge in [0.25, 0.3) is 0 Å². The molecule has 0 amide bonds. The minimum Gasteiger partial charge on any atom is -0.364 e. The number of fused-ring (bicyclic) bond motifs is 1. The number of halogens is 4. The molecule has 0 bridgehead atoms. The van der Waals surface area contributed by atoms with Crippen LogP contribution in [0.2, 0.25) is 5.28 Å². The standard InChI is InChI=1S/C16H15ClF3N5/c1-9(2)25-8-22-12-13(23-15(17)24-14(12)25)21-7-10-4-3-5-11(6-10)16(18,19)20/h3-6,8-9H,7H2,1-2H3,(H,21,23,24). The van der Waals surface area contributed by atoms with E-state index >= 15 is 0 Å². The van der Waals surface area contributed by atoms with Gasteiger partial charge < -0.3 is 9.88 Å². The highest BCUT2D eigenvalue weighted by molar-refractivity contribution is 6.28. The molecule has 1 N–H and O–H groups in total. The van der Waals surface area contributed by atoms with E-state index in [4.69, 9.17) is 11.6 Å². The molecule has 2 heterocycles. The van der Waals surface area contributed by atoms with E-state index in [0.717, 1.165) is 12.1 Å². The van der Waals surface area contributed by atoms with Gasteiger partial charge in [-0.05, 0) is 43.1 Å². The van der Waals surface area contributed by atoms with E-state index in [1.54, 1.807) is 12.4 Å². The molecule has 2 aromatic heterocycles. The maximum atomic E-state index is 12.8. The van der Waals surface area contributed by atoms with Crippen molar-refractivity contribution >= 4 is 28.6 Å². The SMILES string of the molecule is CC(C)n1cnc2c(NCc3cccc(C(F)(F)F)c3)nc(Cl)nc21. The number of hydrogen-bond acceptors (Lipinski definition) is 4. The lowest BCUT2D eigenvalue weighted by atomic mass is 10.1. The predicted molar refractivity (Wildman–Crippen MR) is 89.5 cm³/mol. The highest BCUT2D eigenvalue weighted by Gasteiger charge is 2.30. The van der Waals surface area contributed by atoms with E-state index < -0.39 is 11.7 Å². The van der Waals surface area contributed by atoms with Gasteiger partial charge in [-0.3, -0.25) is 0 Å². The second-order valence-corrected chi connectivity index (χ2v) is 6.15. The summed E-state index contributed by atoms with van der Waals surface area (Å²) in [5.74, 6) is 0.381. The fourth-order valence-electron chi connectivity index (χ4n) is 2.43. The second kappa shape index (κ2) is 6.51. The minimum absolute atomic E-state index is 0.0430. The average Bonchev–Trinajstić information content (AvgIpc) is 2.96. The van der Waals surface area contributed by atoms with Crippen molar-refractivity contribution in [1.29, 1.82) is 0 Å². The zero-order chi connectivity index (χ0) is 18.2. The van der Waals surface area contributed by atoms with Gasteiger partial charge in [0, 0.05) is 12.6 Å². The fourth-order valence-corrected chi connectivity index (χ4v) is 2.60. The molecule has 0 aliphatic carbocycles. The maximum Gasteiger partial charge on any atom is 0.416 e. The van der Waals surface area contributed by atoms with Gasteiger partial charge >= 0.3 is 6.18 Å². The molecule has 3 rings (SSSR count). The van der Waals surface area contributed by atoms with E-state index in [1.807, 2.05) is 18.4 Å². The first-order valence-corrected chi connectivity index (χ1v) is 7.93. The lowest BCUT2D eigenvalue weighted by molar-refractivity contribution is -0.137. The normalized spacial score (nSPS) is 12.1. The minimum atomic E-state index is -4.38. The van der Waals surface area contributed by atoms with Crippen LogP contribution in [-0.2, 0) is 12.7 Å². The molecule has 0 saturated carbocycles. The van der Waals surface area contributed by atoms with Gasteiger partial charge in [-0.15, -0.1) is 0 Å². The highest BCUT2D eigenvalue weighted by Crippen LogP contribution is 2.30. The van der Waals surface area contributed by atoms with Crippen LogP contribution >= 0.6 is 11.6 Å². The largest absolute Gasteiger partial charge is 0.416 e. The van der Waals surface area contributed by atoms with Crippen molar-refractivity contribution < 1.29 is 13.2 Å². The lowest BCUT2D eigenvalue weighted by Gasteiger charge is -2.11. The summed E-state index contributed by atoms with van der Waals surface area (Å²) in [5, 5.41) is 3.04. The van der Waals surface area contributed by atoms with Crippen LogP contribution in [-0.4, -0.2) is 19.5 Å². The van der Waals surface area contributed by atoms with Gasteiger partial charge in [0.05, 0.1) is 11.9 Å². The molecule has 0 radical (unpaired) electrons. The quantitative estimate of drug-likeness (QED) is 0.678. The number of rotatable bonds is 4. The van der Waals surface area contributed by atoms with Gasteiger partial charge in [-0.25, -0.2) is 4.98 Å². The van der Waals surface area contributed by atoms with Gasteiger partial charge in [-0.2, -0.15) is 23.1 Å². The van der Waals surface area contributed by atoms with E-state index in [0.29, 0.717) is 22.5 Å². The summed E-state index contributed by atoms with van der Waals surface area (Å²) < 4.78 is 40.2. The van der Waals surface area contributed by atoms with E-state index in [1.165, 1.54) is 6.07 Å². The summed E-state index contributed by atoms with van der Waals surface area (Å²) in [6, 6.07) is 5.24. The van der Waals surface area contributed by atoms with Crippen molar-refractivity contribution in [3.8, 4) is 0 Å². The van der Waals surface area contributed by atoms with E-state index in [-0.39, 0.29) is 17.9 Å². The predicted octanol–water partition coefficient (Wildman–Crippen LogP) is 4.69. The summed E-state index contributed by atoms with van der Waals surface area (Å²) >= 11 is 5.97. The van der Waals surface area contributed by atoms with Gasteiger partial charge in [0.1, 0.15) is 0 Å². The average molecular weight is 370 g/mol. The van der Waals surface area contributed by atoms with Crippen molar-refractivity contribution in [1.82, 2.24) is 19.5 Å². The Balaban J connectivity index is 1.89. The Kier molecular flexibility index (Phi) is 4.55. The molecule has 0 atom stereocenters. The molecule has 3 aromatic rings. The summed E-state index contributed by atoms with van der Waals surface area (Å²) in [6.07, 6.45) is -2.74. The number of aromatic nitrogens is 4. The third-order valence-electron chi connectivity index (χ3n) is 3.66. The molecule has 0 unspecified atom stereocenters. The molecule has 0 saturated heterocycles. The monoisotopic (exact) mass is 369 g/mol. The van der Waals surface area contributed by atoms with Gasteiger partial charge in [-0.1, -0.05) is 12.1 Å². The molecule has 1 aromatic carbocycles. The van der Waals surface area contributed by atoms with Crippen LogP contribution in [0.5, 0.6) is 0 Å². The molecule has 132 valence electrons. The van der Waals surface area contributed by atoms with Crippen molar-refractivity contribution in [3.63, 3.8) is 0 Å². The summed E-state index contributed by atoms with van der Waals surface area (Å²) in [6.45, 7) is 4.11. The van der Waals surface area contributed by atoms with Crippen LogP contribution in [0.1, 0.15) is 31.0 Å². The molecule has 0 aliphatic rings. The smallest absolute Gasteiger partial charge is 0.364 e. The Morgan fingerprint density at radius 1 is 1.24 bits per heavy atom. The van der Waals surface area contributed by atoms with Crippen LogP contribution in [0.4, 0.5) is 19.0 Å². The first-order valence-electron chi connectivity index (χ1n) is 7.56. The highest BCUT2D eigenvalue weighted by atomic mass is 35.5. The molecular formula is C16H15ClF3N5. The summed E-state index contributed by atoms with van der Waals surface area (Å²) in [7, 11) is 0. The Morgan fingerprint density at radius 2 is 2.00 bits per heavy atom. The number of nitrogens with zero attached hydrogens (tertiary/aromatic N) is 4. The molecule has 9 heteroatoms. The Hall–Kier alpha value is -2.35. The Labute approximate surface area is 146 Å². The lowest BCUT2D eigenvalue weighted by Crippen LogP contribution is -2.08. The molecule has 0 fully saturated rings. The maximum absolute atomic E-state index is 12.8. The number of nitrogens with one attached hydrogen (secondary N) is 1. The number of alkyl halides is 3. The van der Waals surface area contributed by atoms with E-state index in [9.17, 15) is 13.2 Å². The third-order valence-corrected chi connectivity index (χ3v) is 3.83. The van der Waals surface area contributed by atoms with Crippen LogP contribution in [0.15, 0.2) is 30.6 Å². The molecule has 0 spiro atoms. The van der Waals surface area contributed by atoms with Crippen LogP contribution in [0, 0.1) is 0 Å². The van der Waals surface area contributed by atoms with Crippen molar-refractivity contribution in [2.75, 3.05) is 5.32 Å². The van der Waals surface area contributed by atoms with Crippen molar-refractivity contribution in [3.05, 3.63) is 47.0 Å². The van der Waals surface area contributed by atoms with Crippen LogP contribution < -0.4 is 5.32 Å². The van der Waals surface area contributed by atoms with Crippen molar-refractivity contribution in [2.45, 2.75) is 32.6 Å². The first kappa shape index (κ1) is 17.5. The Morgan fingerprint density at radius 3 is 2.68 bits per heavy atom. The van der Waals surface area contributed by atoms with Crippen LogP contribution in [0.25, 0.3) is 11.2 Å².